The second-order valence-electron chi connectivity index (χ2n) is 8.05. The molecule has 1 fully saturated rings. The zero-order chi connectivity index (χ0) is 16.6. The van der Waals surface area contributed by atoms with Crippen LogP contribution in [0.25, 0.3) is 0 Å². The molecule has 0 bridgehead atoms. The highest BCUT2D eigenvalue weighted by Gasteiger charge is 2.38. The van der Waals surface area contributed by atoms with Gasteiger partial charge in [0.2, 0.25) is 0 Å². The number of hydrogen-bond acceptors (Lipinski definition) is 3. The average molecular weight is 319 g/mol. The van der Waals surface area contributed by atoms with Gasteiger partial charge in [0.25, 0.3) is 0 Å². The number of hydrogen-bond donors (Lipinski definition) is 1. The number of nitrogens with zero attached hydrogens (tertiary/aromatic N) is 2. The van der Waals surface area contributed by atoms with E-state index in [1.165, 1.54) is 36.2 Å². The van der Waals surface area contributed by atoms with E-state index >= 15 is 0 Å². The van der Waals surface area contributed by atoms with Crippen molar-refractivity contribution >= 4 is 6.09 Å². The van der Waals surface area contributed by atoms with Crippen molar-refractivity contribution in [3.8, 4) is 0 Å². The molecule has 1 N–H and O–H groups in total. The second kappa shape index (κ2) is 6.17. The molecule has 2 heterocycles. The van der Waals surface area contributed by atoms with E-state index in [1.54, 1.807) is 4.90 Å². The number of nitrogens with one attached hydrogen (secondary N) is 1. The minimum atomic E-state index is -0.430. The molecule has 3 rings (SSSR count). The van der Waals surface area contributed by atoms with Gasteiger partial charge >= 0.3 is 6.09 Å². The number of carbonyl (C=O) groups excluding carboxylic acids is 1. The first-order valence-corrected chi connectivity index (χ1v) is 8.91. The molecule has 1 amide bonds. The van der Waals surface area contributed by atoms with Crippen LogP contribution in [0.1, 0.15) is 69.8 Å². The fourth-order valence-electron chi connectivity index (χ4n) is 3.71. The van der Waals surface area contributed by atoms with E-state index in [4.69, 9.17) is 4.74 Å². The largest absolute Gasteiger partial charge is 0.444 e. The third-order valence-electron chi connectivity index (χ3n) is 4.90. The summed E-state index contributed by atoms with van der Waals surface area (Å²) in [6.07, 6.45) is 5.90. The first-order chi connectivity index (χ1) is 10.9. The van der Waals surface area contributed by atoms with E-state index in [-0.39, 0.29) is 6.09 Å². The number of ether oxygens (including phenoxy) is 1. The third kappa shape index (κ3) is 3.54. The highest BCUT2D eigenvalue weighted by molar-refractivity contribution is 5.69. The van der Waals surface area contributed by atoms with Crippen molar-refractivity contribution in [1.82, 2.24) is 15.1 Å². The van der Waals surface area contributed by atoms with E-state index < -0.39 is 5.60 Å². The first kappa shape index (κ1) is 16.3. The van der Waals surface area contributed by atoms with E-state index in [1.807, 2.05) is 20.8 Å². The van der Waals surface area contributed by atoms with E-state index in [0.717, 1.165) is 31.8 Å². The summed E-state index contributed by atoms with van der Waals surface area (Å²) in [5, 5.41) is 7.81. The molecule has 2 aliphatic rings. The van der Waals surface area contributed by atoms with Gasteiger partial charge in [-0.2, -0.15) is 5.10 Å². The lowest BCUT2D eigenvalue weighted by molar-refractivity contribution is 0.00777. The van der Waals surface area contributed by atoms with Crippen LogP contribution in [0.3, 0.4) is 0 Å². The van der Waals surface area contributed by atoms with Gasteiger partial charge in [-0.3, -0.25) is 5.10 Å². The molecule has 0 radical (unpaired) electrons. The maximum absolute atomic E-state index is 12.1. The number of aromatic nitrogens is 2. The van der Waals surface area contributed by atoms with Crippen LogP contribution < -0.4 is 0 Å². The lowest BCUT2D eigenvalue weighted by Crippen LogP contribution is -2.50. The average Bonchev–Trinajstić information content (AvgIpc) is 2.79. The molecule has 0 saturated carbocycles. The normalized spacial score (nSPS) is 21.7. The number of aryl methyl sites for hydroxylation is 1. The van der Waals surface area contributed by atoms with Gasteiger partial charge in [0, 0.05) is 24.7 Å². The van der Waals surface area contributed by atoms with Gasteiger partial charge in [-0.25, -0.2) is 4.79 Å². The van der Waals surface area contributed by atoms with Crippen molar-refractivity contribution in [2.24, 2.45) is 5.92 Å². The molecule has 1 aliphatic carbocycles. The zero-order valence-corrected chi connectivity index (χ0v) is 14.8. The number of aromatic amines is 1. The molecule has 1 unspecified atom stereocenters. The number of carbonyl (C=O) groups is 1. The van der Waals surface area contributed by atoms with Gasteiger partial charge in [0.05, 0.1) is 5.69 Å². The number of likely N-dealkylation sites (tertiary alicyclic amines) is 1. The van der Waals surface area contributed by atoms with Gasteiger partial charge in [0.15, 0.2) is 0 Å². The summed E-state index contributed by atoms with van der Waals surface area (Å²) in [4.78, 5) is 13.8. The quantitative estimate of drug-likeness (QED) is 0.925. The fourth-order valence-corrected chi connectivity index (χ4v) is 3.71. The van der Waals surface area contributed by atoms with Gasteiger partial charge in [-0.05, 0) is 51.5 Å². The number of rotatable bonds is 3. The molecule has 1 aliphatic heterocycles. The Kier molecular flexibility index (Phi) is 4.39. The third-order valence-corrected chi connectivity index (χ3v) is 4.90. The Morgan fingerprint density at radius 1 is 1.39 bits per heavy atom. The highest BCUT2D eigenvalue weighted by atomic mass is 16.6. The van der Waals surface area contributed by atoms with E-state index in [0.29, 0.717) is 5.92 Å². The maximum Gasteiger partial charge on any atom is 0.410 e. The Hall–Kier alpha value is -1.52. The summed E-state index contributed by atoms with van der Waals surface area (Å²) in [5.74, 6) is 1.16. The van der Waals surface area contributed by atoms with Crippen molar-refractivity contribution in [3.63, 3.8) is 0 Å². The van der Waals surface area contributed by atoms with Crippen molar-refractivity contribution in [2.45, 2.75) is 71.3 Å². The lowest BCUT2D eigenvalue weighted by Gasteiger charge is -2.39. The topological polar surface area (TPSA) is 58.2 Å². The van der Waals surface area contributed by atoms with Crippen LogP contribution in [-0.4, -0.2) is 39.9 Å². The van der Waals surface area contributed by atoms with Crippen LogP contribution in [-0.2, 0) is 17.6 Å². The van der Waals surface area contributed by atoms with E-state index in [9.17, 15) is 4.79 Å². The molecule has 1 aromatic rings. The second-order valence-corrected chi connectivity index (χ2v) is 8.05. The van der Waals surface area contributed by atoms with Crippen LogP contribution >= 0.6 is 0 Å². The first-order valence-electron chi connectivity index (χ1n) is 8.91. The summed E-state index contributed by atoms with van der Waals surface area (Å²) in [6.45, 7) is 9.42. The summed E-state index contributed by atoms with van der Waals surface area (Å²) in [7, 11) is 0. The summed E-state index contributed by atoms with van der Waals surface area (Å²) in [6, 6.07) is 0. The molecule has 0 aromatic carbocycles. The van der Waals surface area contributed by atoms with Gasteiger partial charge < -0.3 is 9.64 Å². The molecule has 23 heavy (non-hydrogen) atoms. The van der Waals surface area contributed by atoms with Crippen LogP contribution in [0.4, 0.5) is 4.79 Å². The Labute approximate surface area is 138 Å². The predicted molar refractivity (Wildman–Crippen MR) is 89.6 cm³/mol. The summed E-state index contributed by atoms with van der Waals surface area (Å²) >= 11 is 0. The van der Waals surface area contributed by atoms with Crippen LogP contribution in [0.2, 0.25) is 0 Å². The van der Waals surface area contributed by atoms with Crippen LogP contribution in [0.5, 0.6) is 0 Å². The lowest BCUT2D eigenvalue weighted by atomic mass is 9.81. The van der Waals surface area contributed by atoms with Crippen molar-refractivity contribution in [3.05, 3.63) is 17.0 Å². The zero-order valence-electron chi connectivity index (χ0n) is 14.8. The maximum atomic E-state index is 12.1. The smallest absolute Gasteiger partial charge is 0.410 e. The minimum absolute atomic E-state index is 0.206. The van der Waals surface area contributed by atoms with Gasteiger partial charge in [-0.1, -0.05) is 19.8 Å². The summed E-state index contributed by atoms with van der Waals surface area (Å²) < 4.78 is 5.43. The molecule has 5 heteroatoms. The van der Waals surface area contributed by atoms with Gasteiger partial charge in [-0.15, -0.1) is 0 Å². The number of fused-ring (bicyclic) bond motifs is 1. The molecule has 1 saturated heterocycles. The minimum Gasteiger partial charge on any atom is -0.444 e. The summed E-state index contributed by atoms with van der Waals surface area (Å²) in [5.41, 5.74) is 3.52. The molecular formula is C18H29N3O2. The molecule has 128 valence electrons. The van der Waals surface area contributed by atoms with Crippen molar-refractivity contribution < 1.29 is 9.53 Å². The Balaban J connectivity index is 1.61. The van der Waals surface area contributed by atoms with Crippen molar-refractivity contribution in [2.75, 3.05) is 13.1 Å². The Bertz CT molecular complexity index is 567. The molecule has 1 atom stereocenters. The Morgan fingerprint density at radius 3 is 2.78 bits per heavy atom. The highest BCUT2D eigenvalue weighted by Crippen LogP contribution is 2.35. The standard InChI is InChI=1S/C18H29N3O2/c1-5-6-12-7-8-15-14(9-12)16(20-19-15)13-10-21(11-13)17(22)23-18(2,3)4/h12-13H,5-11H2,1-4H3,(H,19,20). The van der Waals surface area contributed by atoms with E-state index in [2.05, 4.69) is 17.1 Å². The SMILES string of the molecule is CCCC1CCc2[nH]nc(C3CN(C(=O)OC(C)(C)C)C3)c2C1. The predicted octanol–water partition coefficient (Wildman–Crippen LogP) is 3.65. The molecular weight excluding hydrogens is 290 g/mol. The number of amides is 1. The molecule has 0 spiro atoms. The van der Waals surface area contributed by atoms with Crippen LogP contribution in [0, 0.1) is 5.92 Å². The molecule has 5 nitrogen and oxygen atoms in total. The van der Waals surface area contributed by atoms with Crippen molar-refractivity contribution in [1.29, 1.82) is 0 Å². The van der Waals surface area contributed by atoms with Crippen LogP contribution in [0.15, 0.2) is 0 Å². The molecule has 1 aromatic heterocycles. The van der Waals surface area contributed by atoms with Gasteiger partial charge in [0.1, 0.15) is 5.60 Å². The number of H-pyrrole nitrogens is 1. The Morgan fingerprint density at radius 2 is 2.13 bits per heavy atom. The fraction of sp³-hybridized carbons (Fsp3) is 0.778. The monoisotopic (exact) mass is 319 g/mol.